The number of alkyl halides is 3. The zero-order chi connectivity index (χ0) is 20.1. The maximum Gasteiger partial charge on any atom is 0.573 e. The Balaban J connectivity index is 0.00000300. The minimum atomic E-state index is -4.75. The number of aromatic nitrogens is 2. The van der Waals surface area contributed by atoms with Gasteiger partial charge in [-0.15, -0.1) is 37.1 Å². The molecule has 7 nitrogen and oxygen atoms in total. The zero-order valence-corrected chi connectivity index (χ0v) is 17.6. The molecule has 0 aliphatic heterocycles. The number of halogens is 5. The molecule has 12 heteroatoms. The summed E-state index contributed by atoms with van der Waals surface area (Å²) in [5.41, 5.74) is 6.88. The van der Waals surface area contributed by atoms with Crippen molar-refractivity contribution in [2.45, 2.75) is 12.9 Å². The molecule has 0 aliphatic carbocycles. The number of hydrogen-bond acceptors (Lipinski definition) is 5. The van der Waals surface area contributed by atoms with E-state index < -0.39 is 6.36 Å². The first-order valence-corrected chi connectivity index (χ1v) is 8.17. The molecule has 3 aromatic rings. The first-order chi connectivity index (χ1) is 13.3. The van der Waals surface area contributed by atoms with E-state index in [0.717, 1.165) is 12.1 Å². The number of benzene rings is 2. The van der Waals surface area contributed by atoms with Crippen molar-refractivity contribution in [1.29, 1.82) is 0 Å². The highest BCUT2D eigenvalue weighted by Gasteiger charge is 2.30. The van der Waals surface area contributed by atoms with Gasteiger partial charge in [-0.3, -0.25) is 0 Å². The summed E-state index contributed by atoms with van der Waals surface area (Å²) in [4.78, 5) is 8.24. The molecule has 0 bridgehead atoms. The third-order valence-corrected chi connectivity index (χ3v) is 3.53. The number of guanidine groups is 1. The number of rotatable bonds is 5. The van der Waals surface area contributed by atoms with Crippen LogP contribution < -0.4 is 15.8 Å². The molecule has 3 N–H and O–H groups in total. The fourth-order valence-corrected chi connectivity index (χ4v) is 2.33. The van der Waals surface area contributed by atoms with Crippen LogP contribution in [0.1, 0.15) is 5.89 Å². The summed E-state index contributed by atoms with van der Waals surface area (Å²) < 4.78 is 45.3. The predicted octanol–water partition coefficient (Wildman–Crippen LogP) is 4.83. The Morgan fingerprint density at radius 2 is 1.93 bits per heavy atom. The highest BCUT2D eigenvalue weighted by atomic mass is 127. The number of nitrogens with zero attached hydrogens (tertiary/aromatic N) is 3. The summed E-state index contributed by atoms with van der Waals surface area (Å²) in [5.74, 6) is 0.271. The lowest BCUT2D eigenvalue weighted by Crippen LogP contribution is -2.22. The molecule has 1 heterocycles. The minimum Gasteiger partial charge on any atom is -0.406 e. The summed E-state index contributed by atoms with van der Waals surface area (Å²) in [6.45, 7) is 0.0155. The Hall–Kier alpha value is -2.54. The van der Waals surface area contributed by atoms with Crippen LogP contribution in [0.25, 0.3) is 11.4 Å². The molecule has 2 aromatic carbocycles. The van der Waals surface area contributed by atoms with Crippen molar-refractivity contribution >= 4 is 47.2 Å². The van der Waals surface area contributed by atoms with Gasteiger partial charge < -0.3 is 20.3 Å². The molecule has 0 amide bonds. The average molecular weight is 540 g/mol. The van der Waals surface area contributed by atoms with Crippen molar-refractivity contribution in [3.8, 4) is 17.1 Å². The van der Waals surface area contributed by atoms with Crippen LogP contribution in [0.4, 0.5) is 18.9 Å². The smallest absolute Gasteiger partial charge is 0.406 e. The maximum absolute atomic E-state index is 12.1. The van der Waals surface area contributed by atoms with E-state index >= 15 is 0 Å². The lowest BCUT2D eigenvalue weighted by molar-refractivity contribution is -0.274. The highest BCUT2D eigenvalue weighted by molar-refractivity contribution is 14.0. The second kappa shape index (κ2) is 9.78. The Kier molecular flexibility index (Phi) is 7.67. The Labute approximate surface area is 185 Å². The third-order valence-electron chi connectivity index (χ3n) is 3.30. The number of hydrogen-bond donors (Lipinski definition) is 2. The fourth-order valence-electron chi connectivity index (χ4n) is 2.14. The number of anilines is 1. The van der Waals surface area contributed by atoms with E-state index in [9.17, 15) is 13.2 Å². The molecule has 0 unspecified atom stereocenters. The molecular weight excluding hydrogens is 526 g/mol. The number of aliphatic imine (C=N–C) groups is 1. The van der Waals surface area contributed by atoms with Crippen LogP contribution in [-0.4, -0.2) is 22.5 Å². The summed E-state index contributed by atoms with van der Waals surface area (Å²) in [5, 5.41) is 7.12. The van der Waals surface area contributed by atoms with Crippen LogP contribution in [0.5, 0.6) is 5.75 Å². The molecule has 0 spiro atoms. The van der Waals surface area contributed by atoms with E-state index in [2.05, 4.69) is 25.2 Å². The quantitative estimate of drug-likeness (QED) is 0.274. The van der Waals surface area contributed by atoms with Gasteiger partial charge in [0.05, 0.1) is 0 Å². The van der Waals surface area contributed by atoms with Gasteiger partial charge in [0.1, 0.15) is 12.3 Å². The van der Waals surface area contributed by atoms with E-state index in [0.29, 0.717) is 22.1 Å². The van der Waals surface area contributed by atoms with Gasteiger partial charge in [-0.1, -0.05) is 28.9 Å². The van der Waals surface area contributed by atoms with Crippen LogP contribution in [-0.2, 0) is 6.54 Å². The van der Waals surface area contributed by atoms with Crippen LogP contribution in [0.2, 0.25) is 5.02 Å². The van der Waals surface area contributed by atoms with Gasteiger partial charge in [-0.2, -0.15) is 4.98 Å². The van der Waals surface area contributed by atoms with Crippen LogP contribution in [0.15, 0.2) is 58.0 Å². The first-order valence-electron chi connectivity index (χ1n) is 7.80. The molecule has 0 fully saturated rings. The van der Waals surface area contributed by atoms with E-state index in [1.165, 1.54) is 12.1 Å². The standard InChI is InChI=1S/C17H13ClF3N5O2.HI/c18-11-3-1-2-10(8-11)15-25-14(28-26-15)9-23-16(22)24-12-4-6-13(7-5-12)27-17(19,20)21;/h1-8H,9H2,(H3,22,23,24);1H. The van der Waals surface area contributed by atoms with Crippen molar-refractivity contribution in [3.05, 3.63) is 59.4 Å². The van der Waals surface area contributed by atoms with Gasteiger partial charge in [0.25, 0.3) is 0 Å². The van der Waals surface area contributed by atoms with Crippen molar-refractivity contribution in [1.82, 2.24) is 10.1 Å². The first kappa shape index (κ1) is 22.7. The molecule has 154 valence electrons. The SMILES string of the molecule is I.NC(=NCc1nc(-c2cccc(Cl)c2)no1)Nc1ccc(OC(F)(F)F)cc1. The Morgan fingerprint density at radius 3 is 2.59 bits per heavy atom. The van der Waals surface area contributed by atoms with Gasteiger partial charge in [0.2, 0.25) is 11.7 Å². The topological polar surface area (TPSA) is 98.6 Å². The van der Waals surface area contributed by atoms with E-state index in [-0.39, 0.29) is 48.1 Å². The van der Waals surface area contributed by atoms with Gasteiger partial charge in [0.15, 0.2) is 5.96 Å². The van der Waals surface area contributed by atoms with Crippen molar-refractivity contribution in [3.63, 3.8) is 0 Å². The summed E-state index contributed by atoms with van der Waals surface area (Å²) in [6, 6.07) is 12.0. The fraction of sp³-hybridized carbons (Fsp3) is 0.118. The Morgan fingerprint density at radius 1 is 1.21 bits per heavy atom. The van der Waals surface area contributed by atoms with Gasteiger partial charge in [-0.05, 0) is 36.4 Å². The third kappa shape index (κ3) is 7.09. The van der Waals surface area contributed by atoms with Gasteiger partial charge in [-0.25, -0.2) is 4.99 Å². The second-order valence-corrected chi connectivity index (χ2v) is 5.86. The van der Waals surface area contributed by atoms with E-state index in [4.69, 9.17) is 21.9 Å². The zero-order valence-electron chi connectivity index (χ0n) is 14.5. The minimum absolute atomic E-state index is 0. The second-order valence-electron chi connectivity index (χ2n) is 5.42. The largest absolute Gasteiger partial charge is 0.573 e. The number of nitrogens with two attached hydrogens (primary N) is 1. The molecule has 1 aromatic heterocycles. The van der Waals surface area contributed by atoms with E-state index in [1.54, 1.807) is 24.3 Å². The van der Waals surface area contributed by atoms with Crippen LogP contribution in [0, 0.1) is 0 Å². The molecule has 0 aliphatic rings. The van der Waals surface area contributed by atoms with Crippen LogP contribution >= 0.6 is 35.6 Å². The van der Waals surface area contributed by atoms with Crippen molar-refractivity contribution < 1.29 is 22.4 Å². The molecule has 29 heavy (non-hydrogen) atoms. The molecule has 3 rings (SSSR count). The molecule has 0 atom stereocenters. The lowest BCUT2D eigenvalue weighted by atomic mass is 10.2. The normalized spacial score (nSPS) is 11.7. The highest BCUT2D eigenvalue weighted by Crippen LogP contribution is 2.24. The maximum atomic E-state index is 12.1. The number of nitrogens with one attached hydrogen (secondary N) is 1. The van der Waals surface area contributed by atoms with Gasteiger partial charge >= 0.3 is 6.36 Å². The van der Waals surface area contributed by atoms with E-state index in [1.807, 2.05) is 0 Å². The summed E-state index contributed by atoms with van der Waals surface area (Å²) >= 11 is 5.93. The van der Waals surface area contributed by atoms with Crippen LogP contribution in [0.3, 0.4) is 0 Å². The molecule has 0 saturated heterocycles. The summed E-state index contributed by atoms with van der Waals surface area (Å²) in [7, 11) is 0. The Bertz CT molecular complexity index is 980. The van der Waals surface area contributed by atoms with Crippen molar-refractivity contribution in [2.75, 3.05) is 5.32 Å². The average Bonchev–Trinajstić information content (AvgIpc) is 3.10. The molecule has 0 radical (unpaired) electrons. The monoisotopic (exact) mass is 539 g/mol. The van der Waals surface area contributed by atoms with Crippen molar-refractivity contribution in [2.24, 2.45) is 10.7 Å². The molecular formula is C17H14ClF3IN5O2. The predicted molar refractivity (Wildman–Crippen MR) is 112 cm³/mol. The lowest BCUT2D eigenvalue weighted by Gasteiger charge is -2.10. The molecule has 0 saturated carbocycles. The number of ether oxygens (including phenoxy) is 1. The van der Waals surface area contributed by atoms with Gasteiger partial charge in [0, 0.05) is 16.3 Å². The summed E-state index contributed by atoms with van der Waals surface area (Å²) in [6.07, 6.45) is -4.75.